The molecule has 1 unspecified atom stereocenters. The van der Waals surface area contributed by atoms with Crippen LogP contribution in [-0.2, 0) is 9.39 Å². The molecule has 0 saturated carbocycles. The minimum atomic E-state index is -1.11. The van der Waals surface area contributed by atoms with Crippen molar-refractivity contribution in [1.82, 2.24) is 0 Å². The van der Waals surface area contributed by atoms with Crippen LogP contribution in [0.3, 0.4) is 0 Å². The number of benzene rings is 1. The van der Waals surface area contributed by atoms with Gasteiger partial charge >= 0.3 is 7.12 Å². The van der Waals surface area contributed by atoms with Gasteiger partial charge in [-0.25, -0.2) is 0 Å². The van der Waals surface area contributed by atoms with Gasteiger partial charge in [0.2, 0.25) is 0 Å². The van der Waals surface area contributed by atoms with E-state index in [2.05, 4.69) is 0 Å². The van der Waals surface area contributed by atoms with Gasteiger partial charge in [0, 0.05) is 6.42 Å². The lowest BCUT2D eigenvalue weighted by Gasteiger charge is -2.38. The van der Waals surface area contributed by atoms with Gasteiger partial charge in [-0.2, -0.15) is 0 Å². The third-order valence-electron chi connectivity index (χ3n) is 4.45. The van der Waals surface area contributed by atoms with Gasteiger partial charge < -0.3 is 24.3 Å². The first kappa shape index (κ1) is 18.3. The van der Waals surface area contributed by atoms with E-state index in [-0.39, 0.29) is 6.29 Å². The second kappa shape index (κ2) is 7.22. The Hall–Kier alpha value is -1.08. The van der Waals surface area contributed by atoms with Gasteiger partial charge in [0.15, 0.2) is 6.29 Å². The summed E-state index contributed by atoms with van der Waals surface area (Å²) in [6.45, 7) is 7.53. The van der Waals surface area contributed by atoms with Gasteiger partial charge in [-0.15, -0.1) is 0 Å². The van der Waals surface area contributed by atoms with E-state index < -0.39 is 18.3 Å². The van der Waals surface area contributed by atoms with Gasteiger partial charge in [0.05, 0.1) is 17.8 Å². The van der Waals surface area contributed by atoms with Gasteiger partial charge in [-0.05, 0) is 58.1 Å². The molecule has 5 nitrogen and oxygen atoms in total. The molecule has 0 bridgehead atoms. The molecule has 0 amide bonds. The molecule has 2 N–H and O–H groups in total. The summed E-state index contributed by atoms with van der Waals surface area (Å²) < 4.78 is 16.9. The fraction of sp³-hybridized carbons (Fsp3) is 0.647. The van der Waals surface area contributed by atoms with Crippen LogP contribution in [0.5, 0.6) is 5.75 Å². The molecule has 0 radical (unpaired) electrons. The molecular formula is C17H27BO5. The summed E-state index contributed by atoms with van der Waals surface area (Å²) in [5, 5.41) is 20.3. The molecular weight excluding hydrogens is 295 g/mol. The second-order valence-corrected chi connectivity index (χ2v) is 7.02. The van der Waals surface area contributed by atoms with E-state index in [1.165, 1.54) is 0 Å². The maximum absolute atomic E-state index is 10.2. The van der Waals surface area contributed by atoms with Crippen LogP contribution in [0.4, 0.5) is 0 Å². The van der Waals surface area contributed by atoms with Crippen LogP contribution >= 0.6 is 0 Å². The summed E-state index contributed by atoms with van der Waals surface area (Å²) in [5.41, 5.74) is -1.35. The Morgan fingerprint density at radius 1 is 1.13 bits per heavy atom. The lowest BCUT2D eigenvalue weighted by molar-refractivity contribution is -0.105. The number of hydrogen-bond acceptors (Lipinski definition) is 5. The zero-order valence-corrected chi connectivity index (χ0v) is 14.4. The monoisotopic (exact) mass is 322 g/mol. The molecule has 1 aromatic carbocycles. The molecule has 1 aliphatic rings. The molecule has 1 saturated heterocycles. The molecule has 6 heteroatoms. The Balaban J connectivity index is 1.95. The first-order valence-corrected chi connectivity index (χ1v) is 8.15. The van der Waals surface area contributed by atoms with Crippen molar-refractivity contribution in [3.63, 3.8) is 0 Å². The third-order valence-corrected chi connectivity index (χ3v) is 4.45. The molecule has 1 fully saturated rings. The average molecular weight is 322 g/mol. The van der Waals surface area contributed by atoms with E-state index in [0.717, 1.165) is 25.9 Å². The van der Waals surface area contributed by atoms with Crippen LogP contribution in [0, 0.1) is 0 Å². The summed E-state index contributed by atoms with van der Waals surface area (Å²) in [6, 6.07) is 7.08. The summed E-state index contributed by atoms with van der Waals surface area (Å²) >= 11 is 0. The van der Waals surface area contributed by atoms with E-state index in [4.69, 9.17) is 14.1 Å². The highest BCUT2D eigenvalue weighted by Crippen LogP contribution is 2.25. The van der Waals surface area contributed by atoms with Crippen molar-refractivity contribution in [1.29, 1.82) is 0 Å². The molecule has 128 valence electrons. The fourth-order valence-electron chi connectivity index (χ4n) is 2.16. The van der Waals surface area contributed by atoms with Crippen LogP contribution in [0.15, 0.2) is 24.3 Å². The van der Waals surface area contributed by atoms with Gasteiger partial charge in [-0.1, -0.05) is 12.1 Å². The zero-order valence-electron chi connectivity index (χ0n) is 14.4. The second-order valence-electron chi connectivity index (χ2n) is 7.02. The molecule has 1 atom stereocenters. The molecule has 0 aromatic heterocycles. The molecule has 23 heavy (non-hydrogen) atoms. The lowest BCUT2D eigenvalue weighted by Crippen LogP contribution is -2.53. The predicted octanol–water partition coefficient (Wildman–Crippen LogP) is 1.85. The zero-order chi connectivity index (χ0) is 17.1. The van der Waals surface area contributed by atoms with E-state index in [1.54, 1.807) is 52.0 Å². The minimum Gasteiger partial charge on any atom is -0.465 e. The van der Waals surface area contributed by atoms with Crippen LogP contribution in [0.1, 0.15) is 47.0 Å². The van der Waals surface area contributed by atoms with Crippen molar-refractivity contribution in [3.8, 4) is 5.75 Å². The number of ether oxygens (including phenoxy) is 2. The van der Waals surface area contributed by atoms with Crippen LogP contribution < -0.4 is 10.2 Å². The summed E-state index contributed by atoms with van der Waals surface area (Å²) in [5.74, 6) is 0.703. The number of aliphatic hydroxyl groups is 1. The van der Waals surface area contributed by atoms with Crippen molar-refractivity contribution in [2.45, 2.75) is 64.4 Å². The van der Waals surface area contributed by atoms with Crippen LogP contribution in [0.25, 0.3) is 0 Å². The summed E-state index contributed by atoms with van der Waals surface area (Å²) in [6.07, 6.45) is 2.90. The average Bonchev–Trinajstić information content (AvgIpc) is 2.47. The maximum atomic E-state index is 10.2. The highest BCUT2D eigenvalue weighted by molar-refractivity contribution is 6.60. The highest BCUT2D eigenvalue weighted by atomic mass is 16.7. The van der Waals surface area contributed by atoms with E-state index in [0.29, 0.717) is 11.2 Å². The van der Waals surface area contributed by atoms with Crippen molar-refractivity contribution < 1.29 is 24.3 Å². The Bertz CT molecular complexity index is 489. The number of rotatable bonds is 6. The molecule has 1 aliphatic heterocycles. The summed E-state index contributed by atoms with van der Waals surface area (Å²) in [7, 11) is -1.11. The first-order valence-electron chi connectivity index (χ1n) is 8.15. The van der Waals surface area contributed by atoms with Crippen molar-refractivity contribution in [2.75, 3.05) is 6.61 Å². The van der Waals surface area contributed by atoms with Crippen LogP contribution in [0.2, 0.25) is 0 Å². The molecule has 0 aliphatic carbocycles. The normalized spacial score (nSPS) is 19.5. The third kappa shape index (κ3) is 4.95. The SMILES string of the molecule is CC(C)(O)C(C)(C)OB(O)c1ccc(OC2CCCCO2)cc1. The minimum absolute atomic E-state index is 0.190. The molecule has 2 rings (SSSR count). The Labute approximate surface area is 138 Å². The Kier molecular flexibility index (Phi) is 5.73. The smallest absolute Gasteiger partial charge is 0.465 e. The highest BCUT2D eigenvalue weighted by Gasteiger charge is 2.39. The molecule has 1 aromatic rings. The van der Waals surface area contributed by atoms with E-state index in [1.807, 2.05) is 0 Å². The molecule has 1 heterocycles. The fourth-order valence-corrected chi connectivity index (χ4v) is 2.16. The maximum Gasteiger partial charge on any atom is 0.491 e. The lowest BCUT2D eigenvalue weighted by atomic mass is 9.76. The largest absolute Gasteiger partial charge is 0.491 e. The standard InChI is InChI=1S/C17H27BO5/c1-16(2,19)17(3,4)23-18(20)13-8-10-14(11-9-13)22-15-7-5-6-12-21-15/h8-11,15,19-20H,5-7,12H2,1-4H3. The van der Waals surface area contributed by atoms with Gasteiger partial charge in [0.25, 0.3) is 0 Å². The van der Waals surface area contributed by atoms with Crippen molar-refractivity contribution >= 4 is 12.6 Å². The topological polar surface area (TPSA) is 68.2 Å². The van der Waals surface area contributed by atoms with E-state index >= 15 is 0 Å². The predicted molar refractivity (Wildman–Crippen MR) is 89.7 cm³/mol. The summed E-state index contributed by atoms with van der Waals surface area (Å²) in [4.78, 5) is 0. The first-order chi connectivity index (χ1) is 10.7. The van der Waals surface area contributed by atoms with Crippen LogP contribution in [-0.4, -0.2) is 41.3 Å². The van der Waals surface area contributed by atoms with Crippen molar-refractivity contribution in [3.05, 3.63) is 24.3 Å². The van der Waals surface area contributed by atoms with Gasteiger partial charge in [0.1, 0.15) is 5.75 Å². The Morgan fingerprint density at radius 2 is 1.78 bits per heavy atom. The quantitative estimate of drug-likeness (QED) is 0.782. The van der Waals surface area contributed by atoms with E-state index in [9.17, 15) is 10.1 Å². The van der Waals surface area contributed by atoms with Gasteiger partial charge in [-0.3, -0.25) is 0 Å². The Morgan fingerprint density at radius 3 is 2.30 bits per heavy atom. The van der Waals surface area contributed by atoms with Crippen molar-refractivity contribution in [2.24, 2.45) is 0 Å². The molecule has 0 spiro atoms. The number of hydrogen-bond donors (Lipinski definition) is 2.